The fraction of sp³-hybridized carbons (Fsp3) is 0.846. The minimum Gasteiger partial charge on any atom is -0.301 e. The van der Waals surface area contributed by atoms with E-state index in [1.165, 1.54) is 0 Å². The Hall–Kier alpha value is -0.620. The lowest BCUT2D eigenvalue weighted by Gasteiger charge is -2.23. The average molecular weight is 322 g/mol. The molecule has 0 radical (unpaired) electrons. The third-order valence-electron chi connectivity index (χ3n) is 2.95. The molecule has 0 aromatic carbocycles. The topological polar surface area (TPSA) is 64.8 Å². The van der Waals surface area contributed by atoms with E-state index in [0.29, 0.717) is 24.7 Å². The van der Waals surface area contributed by atoms with Gasteiger partial charge in [0.15, 0.2) is 0 Å². The summed E-state index contributed by atoms with van der Waals surface area (Å²) in [6, 6.07) is 0. The number of hydrogen-bond acceptors (Lipinski definition) is 4. The summed E-state index contributed by atoms with van der Waals surface area (Å²) in [6.07, 6.45) is 2.55. The van der Waals surface area contributed by atoms with E-state index in [9.17, 15) is 8.42 Å². The lowest BCUT2D eigenvalue weighted by molar-refractivity contribution is 0.301. The van der Waals surface area contributed by atoms with Crippen LogP contribution in [-0.4, -0.2) is 23.2 Å². The van der Waals surface area contributed by atoms with Gasteiger partial charge in [0.25, 0.3) is 14.2 Å². The van der Waals surface area contributed by atoms with Gasteiger partial charge in [-0.05, 0) is 24.2 Å². The van der Waals surface area contributed by atoms with Crippen LogP contribution >= 0.6 is 10.7 Å². The molecule has 0 N–H and O–H groups in total. The Kier molecular flexibility index (Phi) is 5.61. The third kappa shape index (κ3) is 5.05. The van der Waals surface area contributed by atoms with Gasteiger partial charge < -0.3 is 4.57 Å². The molecule has 116 valence electrons. The molecular formula is C13H24ClN3O2S. The normalized spacial score (nSPS) is 14.5. The van der Waals surface area contributed by atoms with Crippen molar-refractivity contribution in [2.24, 2.45) is 11.3 Å². The summed E-state index contributed by atoms with van der Waals surface area (Å²) in [5, 5.41) is 7.63. The molecule has 0 fully saturated rings. The Morgan fingerprint density at radius 2 is 1.90 bits per heavy atom. The third-order valence-corrected chi connectivity index (χ3v) is 4.10. The van der Waals surface area contributed by atoms with Gasteiger partial charge >= 0.3 is 0 Å². The zero-order chi connectivity index (χ0) is 15.6. The van der Waals surface area contributed by atoms with Crippen molar-refractivity contribution in [1.29, 1.82) is 0 Å². The molecule has 1 aromatic heterocycles. The summed E-state index contributed by atoms with van der Waals surface area (Å²) in [6.45, 7) is 11.3. The summed E-state index contributed by atoms with van der Waals surface area (Å²) in [4.78, 5) is 0. The molecule has 0 aliphatic rings. The molecule has 1 heterocycles. The predicted octanol–water partition coefficient (Wildman–Crippen LogP) is 3.23. The Morgan fingerprint density at radius 1 is 1.30 bits per heavy atom. The Labute approximate surface area is 126 Å². The molecule has 1 atom stereocenters. The summed E-state index contributed by atoms with van der Waals surface area (Å²) in [5.41, 5.74) is 0.233. The van der Waals surface area contributed by atoms with Crippen LogP contribution in [0.5, 0.6) is 0 Å². The standard InChI is InChI=1S/C13H24ClN3O2S/c1-6-7-17-11(8-10(2)9-13(3,4)5)15-16-12(17)20(14,18)19/h10H,6-9H2,1-5H3. The molecule has 1 rings (SSSR count). The van der Waals surface area contributed by atoms with Crippen LogP contribution in [0.4, 0.5) is 0 Å². The minimum atomic E-state index is -3.84. The first-order chi connectivity index (χ1) is 9.04. The highest BCUT2D eigenvalue weighted by atomic mass is 35.7. The van der Waals surface area contributed by atoms with E-state index in [-0.39, 0.29) is 10.6 Å². The minimum absolute atomic E-state index is 0.140. The summed E-state index contributed by atoms with van der Waals surface area (Å²) >= 11 is 0. The van der Waals surface area contributed by atoms with Crippen molar-refractivity contribution < 1.29 is 8.42 Å². The molecule has 5 nitrogen and oxygen atoms in total. The van der Waals surface area contributed by atoms with Crippen molar-refractivity contribution in [3.63, 3.8) is 0 Å². The van der Waals surface area contributed by atoms with E-state index < -0.39 is 9.05 Å². The maximum Gasteiger partial charge on any atom is 0.296 e. The monoisotopic (exact) mass is 321 g/mol. The zero-order valence-electron chi connectivity index (χ0n) is 12.9. The average Bonchev–Trinajstić information content (AvgIpc) is 2.58. The predicted molar refractivity (Wildman–Crippen MR) is 80.3 cm³/mol. The fourth-order valence-electron chi connectivity index (χ4n) is 2.53. The van der Waals surface area contributed by atoms with E-state index >= 15 is 0 Å². The smallest absolute Gasteiger partial charge is 0.296 e. The van der Waals surface area contributed by atoms with Crippen molar-refractivity contribution in [3.8, 4) is 0 Å². The number of aromatic nitrogens is 3. The molecule has 0 bridgehead atoms. The van der Waals surface area contributed by atoms with Gasteiger partial charge in [0.1, 0.15) is 5.82 Å². The van der Waals surface area contributed by atoms with Crippen molar-refractivity contribution in [2.45, 2.75) is 65.6 Å². The molecule has 0 saturated heterocycles. The van der Waals surface area contributed by atoms with Crippen LogP contribution in [0.25, 0.3) is 0 Å². The molecule has 0 aliphatic heterocycles. The maximum atomic E-state index is 11.5. The largest absolute Gasteiger partial charge is 0.301 e. The van der Waals surface area contributed by atoms with Crippen LogP contribution < -0.4 is 0 Å². The van der Waals surface area contributed by atoms with Gasteiger partial charge in [-0.1, -0.05) is 34.6 Å². The zero-order valence-corrected chi connectivity index (χ0v) is 14.4. The van der Waals surface area contributed by atoms with Gasteiger partial charge in [-0.2, -0.15) is 0 Å². The van der Waals surface area contributed by atoms with Gasteiger partial charge in [0, 0.05) is 23.6 Å². The van der Waals surface area contributed by atoms with E-state index in [0.717, 1.165) is 12.8 Å². The maximum absolute atomic E-state index is 11.5. The number of hydrogen-bond donors (Lipinski definition) is 0. The number of halogens is 1. The molecular weight excluding hydrogens is 298 g/mol. The molecule has 0 saturated carbocycles. The van der Waals surface area contributed by atoms with Crippen LogP contribution in [0.3, 0.4) is 0 Å². The molecule has 7 heteroatoms. The quantitative estimate of drug-likeness (QED) is 0.754. The van der Waals surface area contributed by atoms with E-state index in [2.05, 4.69) is 37.9 Å². The Morgan fingerprint density at radius 3 is 2.35 bits per heavy atom. The lowest BCUT2D eigenvalue weighted by Crippen LogP contribution is -2.16. The van der Waals surface area contributed by atoms with E-state index in [1.807, 2.05) is 6.92 Å². The first-order valence-electron chi connectivity index (χ1n) is 6.91. The van der Waals surface area contributed by atoms with E-state index in [1.54, 1.807) is 4.57 Å². The van der Waals surface area contributed by atoms with Crippen molar-refractivity contribution >= 4 is 19.7 Å². The molecule has 0 aliphatic carbocycles. The molecule has 1 aromatic rings. The molecule has 0 amide bonds. The fourth-order valence-corrected chi connectivity index (χ4v) is 3.47. The van der Waals surface area contributed by atoms with Gasteiger partial charge in [-0.15, -0.1) is 10.2 Å². The van der Waals surface area contributed by atoms with Gasteiger partial charge in [-0.3, -0.25) is 0 Å². The van der Waals surface area contributed by atoms with Gasteiger partial charge in [0.2, 0.25) is 0 Å². The SMILES string of the molecule is CCCn1c(CC(C)CC(C)(C)C)nnc1S(=O)(=O)Cl. The summed E-state index contributed by atoms with van der Waals surface area (Å²) in [7, 11) is 1.56. The second kappa shape index (κ2) is 6.43. The highest BCUT2D eigenvalue weighted by Crippen LogP contribution is 2.26. The Balaban J connectivity index is 2.99. The highest BCUT2D eigenvalue weighted by Gasteiger charge is 2.24. The molecule has 0 spiro atoms. The highest BCUT2D eigenvalue weighted by molar-refractivity contribution is 8.13. The van der Waals surface area contributed by atoms with E-state index in [4.69, 9.17) is 10.7 Å². The van der Waals surface area contributed by atoms with Crippen molar-refractivity contribution in [3.05, 3.63) is 5.82 Å². The van der Waals surface area contributed by atoms with Crippen molar-refractivity contribution in [1.82, 2.24) is 14.8 Å². The van der Waals surface area contributed by atoms with Crippen LogP contribution in [-0.2, 0) is 22.0 Å². The van der Waals surface area contributed by atoms with Gasteiger partial charge in [0.05, 0.1) is 0 Å². The van der Waals surface area contributed by atoms with Crippen molar-refractivity contribution in [2.75, 3.05) is 0 Å². The van der Waals surface area contributed by atoms with Gasteiger partial charge in [-0.25, -0.2) is 8.42 Å². The van der Waals surface area contributed by atoms with Crippen LogP contribution in [0, 0.1) is 11.3 Å². The number of nitrogens with zero attached hydrogens (tertiary/aromatic N) is 3. The van der Waals surface area contributed by atoms with Crippen LogP contribution in [0.2, 0.25) is 0 Å². The number of rotatable bonds is 6. The second-order valence-corrected chi connectivity index (χ2v) is 9.02. The Bertz CT molecular complexity index is 546. The van der Waals surface area contributed by atoms with Crippen LogP contribution in [0.1, 0.15) is 53.3 Å². The first-order valence-corrected chi connectivity index (χ1v) is 9.22. The lowest BCUT2D eigenvalue weighted by atomic mass is 9.84. The second-order valence-electron chi connectivity index (χ2n) is 6.56. The summed E-state index contributed by atoms with van der Waals surface area (Å²) < 4.78 is 24.6. The van der Waals surface area contributed by atoms with Crippen LogP contribution in [0.15, 0.2) is 5.16 Å². The summed E-state index contributed by atoms with van der Waals surface area (Å²) in [5.74, 6) is 1.10. The molecule has 1 unspecified atom stereocenters. The first kappa shape index (κ1) is 17.4. The molecule has 20 heavy (non-hydrogen) atoms.